The molecule has 6 nitrogen and oxygen atoms in total. The molecule has 0 bridgehead atoms. The van der Waals surface area contributed by atoms with E-state index >= 15 is 0 Å². The van der Waals surface area contributed by atoms with Crippen molar-refractivity contribution in [1.29, 1.82) is 0 Å². The van der Waals surface area contributed by atoms with Gasteiger partial charge in [-0.3, -0.25) is 4.79 Å². The van der Waals surface area contributed by atoms with Crippen molar-refractivity contribution in [2.75, 3.05) is 6.54 Å². The molecule has 0 N–H and O–H groups in total. The van der Waals surface area contributed by atoms with E-state index in [-0.39, 0.29) is 18.5 Å². The Kier molecular flexibility index (Phi) is 4.73. The molecule has 0 aliphatic carbocycles. The highest BCUT2D eigenvalue weighted by atomic mass is 16.2. The van der Waals surface area contributed by atoms with Gasteiger partial charge in [-0.15, -0.1) is 10.2 Å². The molecule has 0 spiro atoms. The average Bonchev–Trinajstić information content (AvgIpc) is 3.33. The molecule has 1 aromatic heterocycles. The number of benzene rings is 2. The van der Waals surface area contributed by atoms with Crippen LogP contribution in [0.1, 0.15) is 18.4 Å². The molecular weight excluding hydrogens is 326 g/mol. The Labute approximate surface area is 152 Å². The molecule has 26 heavy (non-hydrogen) atoms. The van der Waals surface area contributed by atoms with Gasteiger partial charge in [-0.25, -0.2) is 0 Å². The number of hydrogen-bond acceptors (Lipinski definition) is 4. The second kappa shape index (κ2) is 7.47. The molecule has 1 aliphatic rings. The third kappa shape index (κ3) is 3.64. The Morgan fingerprint density at radius 3 is 2.54 bits per heavy atom. The highest BCUT2D eigenvalue weighted by molar-refractivity contribution is 5.76. The molecule has 4 rings (SSSR count). The van der Waals surface area contributed by atoms with Crippen molar-refractivity contribution in [3.8, 4) is 11.4 Å². The summed E-state index contributed by atoms with van der Waals surface area (Å²) in [7, 11) is 0. The fourth-order valence-electron chi connectivity index (χ4n) is 3.49. The molecule has 2 aromatic carbocycles. The normalized spacial score (nSPS) is 16.8. The number of carbonyl (C=O) groups is 1. The molecule has 6 heteroatoms. The zero-order chi connectivity index (χ0) is 17.8. The van der Waals surface area contributed by atoms with Crippen LogP contribution < -0.4 is 0 Å². The van der Waals surface area contributed by atoms with Crippen LogP contribution in [-0.2, 0) is 17.8 Å². The zero-order valence-electron chi connectivity index (χ0n) is 14.5. The van der Waals surface area contributed by atoms with E-state index in [4.69, 9.17) is 0 Å². The number of tetrazole rings is 1. The lowest BCUT2D eigenvalue weighted by atomic mass is 10.0. The summed E-state index contributed by atoms with van der Waals surface area (Å²) in [6.45, 7) is 0.932. The molecule has 1 aliphatic heterocycles. The van der Waals surface area contributed by atoms with Gasteiger partial charge in [0.1, 0.15) is 6.54 Å². The number of amides is 1. The van der Waals surface area contributed by atoms with Crippen LogP contribution in [0.3, 0.4) is 0 Å². The first-order valence-electron chi connectivity index (χ1n) is 8.96. The third-order valence-electron chi connectivity index (χ3n) is 4.77. The first-order valence-corrected chi connectivity index (χ1v) is 8.96. The number of hydrogen-bond donors (Lipinski definition) is 0. The van der Waals surface area contributed by atoms with E-state index in [0.29, 0.717) is 5.82 Å². The highest BCUT2D eigenvalue weighted by Gasteiger charge is 2.29. The van der Waals surface area contributed by atoms with Gasteiger partial charge in [-0.05, 0) is 30.0 Å². The van der Waals surface area contributed by atoms with Gasteiger partial charge in [0.25, 0.3) is 0 Å². The minimum absolute atomic E-state index is 0.0560. The maximum absolute atomic E-state index is 12.8. The molecule has 2 heterocycles. The molecule has 0 radical (unpaired) electrons. The summed E-state index contributed by atoms with van der Waals surface area (Å²) in [6, 6.07) is 20.2. The van der Waals surface area contributed by atoms with E-state index in [1.165, 1.54) is 10.4 Å². The first kappa shape index (κ1) is 16.4. The minimum Gasteiger partial charge on any atom is -0.338 e. The van der Waals surface area contributed by atoms with Gasteiger partial charge in [-0.2, -0.15) is 4.80 Å². The van der Waals surface area contributed by atoms with Gasteiger partial charge in [0.05, 0.1) is 0 Å². The van der Waals surface area contributed by atoms with E-state index in [1.54, 1.807) is 0 Å². The van der Waals surface area contributed by atoms with Crippen molar-refractivity contribution in [3.05, 3.63) is 66.2 Å². The molecule has 132 valence electrons. The van der Waals surface area contributed by atoms with Crippen LogP contribution in [0.4, 0.5) is 0 Å². The van der Waals surface area contributed by atoms with Crippen LogP contribution in [0.25, 0.3) is 11.4 Å². The van der Waals surface area contributed by atoms with Crippen LogP contribution >= 0.6 is 0 Å². The lowest BCUT2D eigenvalue weighted by Gasteiger charge is -2.24. The van der Waals surface area contributed by atoms with Gasteiger partial charge >= 0.3 is 0 Å². The molecule has 1 amide bonds. The molecule has 0 saturated carbocycles. The van der Waals surface area contributed by atoms with Crippen molar-refractivity contribution < 1.29 is 4.79 Å². The number of aromatic nitrogens is 4. The van der Waals surface area contributed by atoms with Gasteiger partial charge < -0.3 is 4.90 Å². The summed E-state index contributed by atoms with van der Waals surface area (Å²) in [5.74, 6) is 0.598. The predicted octanol–water partition coefficient (Wildman–Crippen LogP) is 2.57. The fraction of sp³-hybridized carbons (Fsp3) is 0.300. The number of nitrogens with zero attached hydrogens (tertiary/aromatic N) is 5. The first-order chi connectivity index (χ1) is 12.8. The predicted molar refractivity (Wildman–Crippen MR) is 98.1 cm³/mol. The summed E-state index contributed by atoms with van der Waals surface area (Å²) in [5, 5.41) is 12.5. The number of carbonyl (C=O) groups excluding carboxylic acids is 1. The molecule has 3 aromatic rings. The SMILES string of the molecule is O=C(Cn1nnc(-c2ccccc2)n1)N1CCCC1Cc1ccccc1. The van der Waals surface area contributed by atoms with Crippen molar-refractivity contribution >= 4 is 5.91 Å². The Morgan fingerprint density at radius 2 is 1.77 bits per heavy atom. The van der Waals surface area contributed by atoms with E-state index in [1.807, 2.05) is 53.4 Å². The second-order valence-electron chi connectivity index (χ2n) is 6.58. The van der Waals surface area contributed by atoms with Crippen LogP contribution in [0.5, 0.6) is 0 Å². The fourth-order valence-corrected chi connectivity index (χ4v) is 3.49. The lowest BCUT2D eigenvalue weighted by molar-refractivity contribution is -0.133. The standard InChI is InChI=1S/C20H21N5O/c26-19(15-25-22-20(21-23-25)17-10-5-2-6-11-17)24-13-7-12-18(24)14-16-8-3-1-4-9-16/h1-6,8-11,18H,7,12-15H2. The zero-order valence-corrected chi connectivity index (χ0v) is 14.5. The topological polar surface area (TPSA) is 63.9 Å². The van der Waals surface area contributed by atoms with E-state index in [0.717, 1.165) is 31.4 Å². The molecule has 1 fully saturated rings. The highest BCUT2D eigenvalue weighted by Crippen LogP contribution is 2.21. The van der Waals surface area contributed by atoms with Crippen molar-refractivity contribution in [2.24, 2.45) is 0 Å². The Morgan fingerprint density at radius 1 is 1.04 bits per heavy atom. The minimum atomic E-state index is 0.0560. The van der Waals surface area contributed by atoms with Crippen LogP contribution in [0.2, 0.25) is 0 Å². The lowest BCUT2D eigenvalue weighted by Crippen LogP contribution is -2.39. The Balaban J connectivity index is 1.42. The number of rotatable bonds is 5. The van der Waals surface area contributed by atoms with Crippen LogP contribution in [-0.4, -0.2) is 43.6 Å². The van der Waals surface area contributed by atoms with Gasteiger partial charge in [-0.1, -0.05) is 60.7 Å². The Bertz CT molecular complexity index is 862. The Hall–Kier alpha value is -3.02. The monoisotopic (exact) mass is 347 g/mol. The van der Waals surface area contributed by atoms with Gasteiger partial charge in [0.2, 0.25) is 11.7 Å². The van der Waals surface area contributed by atoms with E-state index in [2.05, 4.69) is 27.5 Å². The van der Waals surface area contributed by atoms with E-state index < -0.39 is 0 Å². The maximum atomic E-state index is 12.8. The second-order valence-corrected chi connectivity index (χ2v) is 6.58. The summed E-state index contributed by atoms with van der Waals surface area (Å²) in [6.07, 6.45) is 2.98. The maximum Gasteiger partial charge on any atom is 0.246 e. The van der Waals surface area contributed by atoms with Crippen molar-refractivity contribution in [2.45, 2.75) is 31.8 Å². The summed E-state index contributed by atoms with van der Waals surface area (Å²) < 4.78 is 0. The molecular formula is C20H21N5O. The quantitative estimate of drug-likeness (QED) is 0.712. The molecule has 1 saturated heterocycles. The largest absolute Gasteiger partial charge is 0.338 e. The van der Waals surface area contributed by atoms with E-state index in [9.17, 15) is 4.79 Å². The summed E-state index contributed by atoms with van der Waals surface area (Å²) in [5.41, 5.74) is 2.16. The third-order valence-corrected chi connectivity index (χ3v) is 4.77. The van der Waals surface area contributed by atoms with Crippen LogP contribution in [0, 0.1) is 0 Å². The van der Waals surface area contributed by atoms with Crippen LogP contribution in [0.15, 0.2) is 60.7 Å². The van der Waals surface area contributed by atoms with Gasteiger partial charge in [0, 0.05) is 18.2 Å². The molecule has 1 atom stereocenters. The molecule has 1 unspecified atom stereocenters. The van der Waals surface area contributed by atoms with Gasteiger partial charge in [0.15, 0.2) is 0 Å². The summed E-state index contributed by atoms with van der Waals surface area (Å²) in [4.78, 5) is 16.1. The average molecular weight is 347 g/mol. The van der Waals surface area contributed by atoms with Crippen molar-refractivity contribution in [3.63, 3.8) is 0 Å². The smallest absolute Gasteiger partial charge is 0.246 e. The number of likely N-dealkylation sites (tertiary alicyclic amines) is 1. The summed E-state index contributed by atoms with van der Waals surface area (Å²) >= 11 is 0. The van der Waals surface area contributed by atoms with Crippen molar-refractivity contribution in [1.82, 2.24) is 25.1 Å².